The first kappa shape index (κ1) is 10.3. The fourth-order valence-electron chi connectivity index (χ4n) is 1.40. The smallest absolute Gasteiger partial charge is 0.132 e. The molecule has 1 aromatic carbocycles. The van der Waals surface area contributed by atoms with Crippen molar-refractivity contribution in [2.75, 3.05) is 17.7 Å². The first-order valence-corrected chi connectivity index (χ1v) is 4.91. The predicted octanol–water partition coefficient (Wildman–Crippen LogP) is 2.14. The highest BCUT2D eigenvalue weighted by Gasteiger charge is 2.04. The largest absolute Gasteiger partial charge is 0.508 e. The third kappa shape index (κ3) is 2.06. The number of aromatic nitrogens is 1. The van der Waals surface area contributed by atoms with Gasteiger partial charge >= 0.3 is 0 Å². The van der Waals surface area contributed by atoms with E-state index in [0.717, 1.165) is 11.5 Å². The molecular weight excluding hydrogens is 202 g/mol. The minimum Gasteiger partial charge on any atom is -0.508 e. The molecule has 0 aliphatic carbocycles. The Bertz CT molecular complexity index is 419. The zero-order chi connectivity index (χ0) is 11.5. The van der Waals surface area contributed by atoms with Gasteiger partial charge in [0.05, 0.1) is 11.9 Å². The maximum absolute atomic E-state index is 9.19. The molecule has 0 radical (unpaired) electrons. The van der Waals surface area contributed by atoms with Crippen molar-refractivity contribution >= 4 is 17.2 Å². The summed E-state index contributed by atoms with van der Waals surface area (Å²) in [7, 11) is 1.91. The third-order valence-electron chi connectivity index (χ3n) is 2.35. The third-order valence-corrected chi connectivity index (χ3v) is 2.35. The molecule has 0 unspecified atom stereocenters. The lowest BCUT2D eigenvalue weighted by molar-refractivity contribution is 0.475. The Hall–Kier alpha value is -2.23. The molecule has 2 rings (SSSR count). The standard InChI is InChI=1S/C12H13N3O/c1-15(10-3-5-11(16)6-4-10)12-7-2-9(13)8-14-12/h2-8,16H,13H2,1H3. The van der Waals surface area contributed by atoms with E-state index in [0.29, 0.717) is 5.69 Å². The molecule has 0 fully saturated rings. The summed E-state index contributed by atoms with van der Waals surface area (Å²) >= 11 is 0. The highest BCUT2D eigenvalue weighted by molar-refractivity contribution is 5.60. The van der Waals surface area contributed by atoms with Gasteiger partial charge in [0.25, 0.3) is 0 Å². The number of nitrogen functional groups attached to an aromatic ring is 1. The normalized spacial score (nSPS) is 10.1. The zero-order valence-electron chi connectivity index (χ0n) is 8.96. The van der Waals surface area contributed by atoms with Crippen LogP contribution in [0.1, 0.15) is 0 Å². The van der Waals surface area contributed by atoms with E-state index in [-0.39, 0.29) is 5.75 Å². The van der Waals surface area contributed by atoms with E-state index in [1.807, 2.05) is 30.1 Å². The Morgan fingerprint density at radius 3 is 2.38 bits per heavy atom. The van der Waals surface area contributed by atoms with E-state index >= 15 is 0 Å². The number of rotatable bonds is 2. The lowest BCUT2D eigenvalue weighted by atomic mass is 10.3. The number of phenols is 1. The van der Waals surface area contributed by atoms with Gasteiger partial charge in [0.15, 0.2) is 0 Å². The Balaban J connectivity index is 2.28. The van der Waals surface area contributed by atoms with Gasteiger partial charge in [0, 0.05) is 12.7 Å². The van der Waals surface area contributed by atoms with E-state index < -0.39 is 0 Å². The quantitative estimate of drug-likeness (QED) is 0.805. The molecule has 3 N–H and O–H groups in total. The second kappa shape index (κ2) is 4.10. The van der Waals surface area contributed by atoms with Crippen molar-refractivity contribution in [3.63, 3.8) is 0 Å². The molecule has 2 aromatic rings. The van der Waals surface area contributed by atoms with Gasteiger partial charge in [-0.2, -0.15) is 0 Å². The Morgan fingerprint density at radius 1 is 1.12 bits per heavy atom. The molecule has 0 aliphatic heterocycles. The number of nitrogens with two attached hydrogens (primary N) is 1. The number of pyridine rings is 1. The molecule has 0 bridgehead atoms. The van der Waals surface area contributed by atoms with Crippen LogP contribution in [0.2, 0.25) is 0 Å². The van der Waals surface area contributed by atoms with Crippen LogP contribution in [0.5, 0.6) is 5.75 Å². The van der Waals surface area contributed by atoms with Gasteiger partial charge in [-0.25, -0.2) is 4.98 Å². The summed E-state index contributed by atoms with van der Waals surface area (Å²) in [6, 6.07) is 10.6. The summed E-state index contributed by atoms with van der Waals surface area (Å²) in [6.45, 7) is 0. The van der Waals surface area contributed by atoms with Crippen molar-refractivity contribution in [2.45, 2.75) is 0 Å². The van der Waals surface area contributed by atoms with Crippen molar-refractivity contribution in [3.8, 4) is 5.75 Å². The average Bonchev–Trinajstić information content (AvgIpc) is 2.30. The van der Waals surface area contributed by atoms with Crippen LogP contribution >= 0.6 is 0 Å². The van der Waals surface area contributed by atoms with E-state index in [1.54, 1.807) is 24.4 Å². The maximum atomic E-state index is 9.19. The number of phenolic OH excluding ortho intramolecular Hbond substituents is 1. The molecule has 0 spiro atoms. The fraction of sp³-hybridized carbons (Fsp3) is 0.0833. The van der Waals surface area contributed by atoms with E-state index in [1.165, 1.54) is 0 Å². The number of anilines is 3. The number of aromatic hydroxyl groups is 1. The van der Waals surface area contributed by atoms with E-state index in [2.05, 4.69) is 4.98 Å². The van der Waals surface area contributed by atoms with Crippen LogP contribution in [0.4, 0.5) is 17.2 Å². The summed E-state index contributed by atoms with van der Waals surface area (Å²) in [5, 5.41) is 9.19. The zero-order valence-corrected chi connectivity index (χ0v) is 8.96. The molecular formula is C12H13N3O. The summed E-state index contributed by atoms with van der Waals surface area (Å²) < 4.78 is 0. The summed E-state index contributed by atoms with van der Waals surface area (Å²) in [5.41, 5.74) is 7.17. The van der Waals surface area contributed by atoms with E-state index in [4.69, 9.17) is 5.73 Å². The van der Waals surface area contributed by atoms with Gasteiger partial charge in [0.2, 0.25) is 0 Å². The Morgan fingerprint density at radius 2 is 1.81 bits per heavy atom. The van der Waals surface area contributed by atoms with Crippen molar-refractivity contribution in [1.82, 2.24) is 4.98 Å². The predicted molar refractivity (Wildman–Crippen MR) is 64.8 cm³/mol. The molecule has 1 heterocycles. The topological polar surface area (TPSA) is 62.4 Å². The van der Waals surface area contributed by atoms with Crippen LogP contribution in [-0.4, -0.2) is 17.1 Å². The molecule has 4 nitrogen and oxygen atoms in total. The minimum absolute atomic E-state index is 0.252. The molecule has 0 saturated carbocycles. The van der Waals surface area contributed by atoms with Gasteiger partial charge < -0.3 is 15.7 Å². The van der Waals surface area contributed by atoms with Gasteiger partial charge in [-0.15, -0.1) is 0 Å². The van der Waals surface area contributed by atoms with Crippen molar-refractivity contribution in [3.05, 3.63) is 42.6 Å². The van der Waals surface area contributed by atoms with Crippen molar-refractivity contribution < 1.29 is 5.11 Å². The van der Waals surface area contributed by atoms with Gasteiger partial charge in [0.1, 0.15) is 11.6 Å². The lowest BCUT2D eigenvalue weighted by Gasteiger charge is -2.18. The van der Waals surface area contributed by atoms with Crippen molar-refractivity contribution in [2.24, 2.45) is 0 Å². The highest BCUT2D eigenvalue weighted by Crippen LogP contribution is 2.23. The SMILES string of the molecule is CN(c1ccc(O)cc1)c1ccc(N)cn1. The van der Waals surface area contributed by atoms with Crippen LogP contribution in [0, 0.1) is 0 Å². The highest BCUT2D eigenvalue weighted by atomic mass is 16.3. The summed E-state index contributed by atoms with van der Waals surface area (Å²) in [6.07, 6.45) is 1.62. The van der Waals surface area contributed by atoms with Gasteiger partial charge in [-0.3, -0.25) is 0 Å². The maximum Gasteiger partial charge on any atom is 0.132 e. The van der Waals surface area contributed by atoms with Crippen LogP contribution in [0.15, 0.2) is 42.6 Å². The number of hydrogen-bond acceptors (Lipinski definition) is 4. The Kier molecular flexibility index (Phi) is 2.64. The van der Waals surface area contributed by atoms with Crippen LogP contribution in [-0.2, 0) is 0 Å². The Labute approximate surface area is 94.0 Å². The summed E-state index contributed by atoms with van der Waals surface area (Å²) in [5.74, 6) is 1.06. The molecule has 16 heavy (non-hydrogen) atoms. The molecule has 0 amide bonds. The van der Waals surface area contributed by atoms with Gasteiger partial charge in [-0.1, -0.05) is 0 Å². The second-order valence-electron chi connectivity index (χ2n) is 3.53. The molecule has 0 atom stereocenters. The van der Waals surface area contributed by atoms with Crippen LogP contribution in [0.3, 0.4) is 0 Å². The second-order valence-corrected chi connectivity index (χ2v) is 3.53. The number of hydrogen-bond donors (Lipinski definition) is 2. The number of nitrogens with zero attached hydrogens (tertiary/aromatic N) is 2. The lowest BCUT2D eigenvalue weighted by Crippen LogP contribution is -2.10. The average molecular weight is 215 g/mol. The molecule has 1 aromatic heterocycles. The summed E-state index contributed by atoms with van der Waals surface area (Å²) in [4.78, 5) is 6.13. The molecule has 4 heteroatoms. The first-order valence-electron chi connectivity index (χ1n) is 4.91. The molecule has 0 saturated heterocycles. The van der Waals surface area contributed by atoms with Gasteiger partial charge in [-0.05, 0) is 36.4 Å². The molecule has 82 valence electrons. The fourth-order valence-corrected chi connectivity index (χ4v) is 1.40. The number of benzene rings is 1. The van der Waals surface area contributed by atoms with Crippen LogP contribution < -0.4 is 10.6 Å². The van der Waals surface area contributed by atoms with E-state index in [9.17, 15) is 5.11 Å². The first-order chi connectivity index (χ1) is 7.66. The van der Waals surface area contributed by atoms with Crippen molar-refractivity contribution in [1.29, 1.82) is 0 Å². The monoisotopic (exact) mass is 215 g/mol. The van der Waals surface area contributed by atoms with Crippen LogP contribution in [0.25, 0.3) is 0 Å². The molecule has 0 aliphatic rings. The minimum atomic E-state index is 0.252.